The van der Waals surface area contributed by atoms with Crippen molar-refractivity contribution in [2.45, 2.75) is 380 Å². The molecule has 0 aliphatic carbocycles. The van der Waals surface area contributed by atoms with E-state index in [-0.39, 0.29) is 25.7 Å². The van der Waals surface area contributed by atoms with Crippen LogP contribution in [-0.4, -0.2) is 96.7 Å². The molecule has 94 heavy (non-hydrogen) atoms. The van der Waals surface area contributed by atoms with Crippen LogP contribution >= 0.6 is 15.6 Å². The summed E-state index contributed by atoms with van der Waals surface area (Å²) >= 11 is 0. The fourth-order valence-electron chi connectivity index (χ4n) is 10.7. The van der Waals surface area contributed by atoms with E-state index >= 15 is 0 Å². The molecule has 0 aromatic rings. The first-order valence-corrected chi connectivity index (χ1v) is 41.2. The molecule has 0 rings (SSSR count). The number of esters is 4. The molecule has 552 valence electrons. The van der Waals surface area contributed by atoms with Gasteiger partial charge in [-0.3, -0.25) is 37.3 Å². The number of carbonyl (C=O) groups is 4. The number of carbonyl (C=O) groups excluding carboxylic acids is 4. The molecule has 0 saturated carbocycles. The Morgan fingerprint density at radius 1 is 0.298 bits per heavy atom. The number of unbranched alkanes of at least 4 members (excludes halogenated alkanes) is 42. The van der Waals surface area contributed by atoms with Gasteiger partial charge >= 0.3 is 39.5 Å². The fourth-order valence-corrected chi connectivity index (χ4v) is 12.3. The van der Waals surface area contributed by atoms with Crippen molar-refractivity contribution in [3.63, 3.8) is 0 Å². The quantitative estimate of drug-likeness (QED) is 0.0128. The predicted octanol–water partition coefficient (Wildman–Crippen LogP) is 21.6. The molecule has 2 unspecified atom stereocenters. The highest BCUT2D eigenvalue weighted by Crippen LogP contribution is 2.45. The molecule has 17 nitrogen and oxygen atoms in total. The van der Waals surface area contributed by atoms with E-state index in [0.29, 0.717) is 25.7 Å². The summed E-state index contributed by atoms with van der Waals surface area (Å²) in [7, 11) is -9.93. The van der Waals surface area contributed by atoms with E-state index in [1.54, 1.807) is 0 Å². The average Bonchev–Trinajstić information content (AvgIpc) is 2.26. The number of hydrogen-bond donors (Lipinski definition) is 3. The van der Waals surface area contributed by atoms with E-state index in [9.17, 15) is 43.2 Å². The number of phosphoric acid groups is 2. The van der Waals surface area contributed by atoms with Crippen molar-refractivity contribution in [3.05, 3.63) is 36.5 Å². The second-order valence-electron chi connectivity index (χ2n) is 26.0. The van der Waals surface area contributed by atoms with Crippen molar-refractivity contribution in [1.29, 1.82) is 0 Å². The van der Waals surface area contributed by atoms with Gasteiger partial charge < -0.3 is 33.8 Å². The highest BCUT2D eigenvalue weighted by Gasteiger charge is 2.30. The van der Waals surface area contributed by atoms with Crippen molar-refractivity contribution in [3.8, 4) is 0 Å². The molecule has 0 fully saturated rings. The summed E-state index contributed by atoms with van der Waals surface area (Å²) in [6, 6.07) is 0. The highest BCUT2D eigenvalue weighted by atomic mass is 31.2. The van der Waals surface area contributed by atoms with Crippen molar-refractivity contribution < 1.29 is 80.2 Å². The van der Waals surface area contributed by atoms with E-state index in [4.69, 9.17) is 37.0 Å². The first kappa shape index (κ1) is 91.3. The van der Waals surface area contributed by atoms with Crippen molar-refractivity contribution in [2.75, 3.05) is 39.6 Å². The summed E-state index contributed by atoms with van der Waals surface area (Å²) < 4.78 is 68.4. The van der Waals surface area contributed by atoms with Gasteiger partial charge in [0.2, 0.25) is 0 Å². The molecule has 0 aromatic heterocycles. The molecule has 0 amide bonds. The molecule has 0 heterocycles. The van der Waals surface area contributed by atoms with Gasteiger partial charge in [-0.1, -0.05) is 295 Å². The van der Waals surface area contributed by atoms with Crippen LogP contribution in [0, 0.1) is 0 Å². The first-order chi connectivity index (χ1) is 45.7. The molecule has 0 bridgehead atoms. The van der Waals surface area contributed by atoms with Crippen molar-refractivity contribution in [2.24, 2.45) is 0 Å². The van der Waals surface area contributed by atoms with Crippen LogP contribution in [0.15, 0.2) is 36.5 Å². The number of ether oxygens (including phenoxy) is 4. The minimum atomic E-state index is -4.96. The monoisotopic (exact) mass is 1370 g/mol. The van der Waals surface area contributed by atoms with E-state index in [1.807, 2.05) is 0 Å². The van der Waals surface area contributed by atoms with Gasteiger partial charge in [-0.05, 0) is 77.0 Å². The van der Waals surface area contributed by atoms with Crippen LogP contribution in [0.25, 0.3) is 0 Å². The normalized spacial score (nSPS) is 14.2. The lowest BCUT2D eigenvalue weighted by Gasteiger charge is -2.21. The Labute approximate surface area is 573 Å². The maximum absolute atomic E-state index is 13.1. The van der Waals surface area contributed by atoms with E-state index in [0.717, 1.165) is 116 Å². The van der Waals surface area contributed by atoms with Gasteiger partial charge in [-0.25, -0.2) is 9.13 Å². The molecule has 5 atom stereocenters. The zero-order chi connectivity index (χ0) is 69.0. The van der Waals surface area contributed by atoms with Crippen molar-refractivity contribution >= 4 is 39.5 Å². The molecule has 3 N–H and O–H groups in total. The Balaban J connectivity index is 5.31. The van der Waals surface area contributed by atoms with E-state index in [1.165, 1.54) is 167 Å². The number of hydrogen-bond acceptors (Lipinski definition) is 15. The maximum atomic E-state index is 13.1. The minimum Gasteiger partial charge on any atom is -0.462 e. The Morgan fingerprint density at radius 3 is 0.809 bits per heavy atom. The largest absolute Gasteiger partial charge is 0.472 e. The molecule has 0 radical (unpaired) electrons. The number of rotatable bonds is 73. The van der Waals surface area contributed by atoms with Gasteiger partial charge in [0.1, 0.15) is 19.3 Å². The molecule has 0 spiro atoms. The summed E-state index contributed by atoms with van der Waals surface area (Å²) in [6.07, 6.45) is 62.7. The third kappa shape index (κ3) is 67.8. The van der Waals surface area contributed by atoms with Gasteiger partial charge in [0.05, 0.1) is 26.4 Å². The third-order valence-electron chi connectivity index (χ3n) is 16.6. The zero-order valence-corrected chi connectivity index (χ0v) is 61.9. The second kappa shape index (κ2) is 68.8. The van der Waals surface area contributed by atoms with Crippen LogP contribution in [0.3, 0.4) is 0 Å². The van der Waals surface area contributed by atoms with E-state index < -0.39 is 97.5 Å². The molecule has 0 aromatic carbocycles. The fraction of sp³-hybridized carbons (Fsp3) is 0.867. The van der Waals surface area contributed by atoms with Crippen LogP contribution in [-0.2, 0) is 65.4 Å². The minimum absolute atomic E-state index is 0.0845. The molecule has 0 aliphatic rings. The van der Waals surface area contributed by atoms with Crippen LogP contribution in [0.5, 0.6) is 0 Å². The van der Waals surface area contributed by atoms with Gasteiger partial charge in [-0.15, -0.1) is 0 Å². The summed E-state index contributed by atoms with van der Waals surface area (Å²) in [5.74, 6) is -2.16. The summed E-state index contributed by atoms with van der Waals surface area (Å²) in [5, 5.41) is 10.6. The van der Waals surface area contributed by atoms with Crippen LogP contribution in [0.1, 0.15) is 362 Å². The number of phosphoric ester groups is 2. The van der Waals surface area contributed by atoms with Gasteiger partial charge in [0.15, 0.2) is 12.2 Å². The van der Waals surface area contributed by atoms with Crippen LogP contribution in [0.2, 0.25) is 0 Å². The Hall–Kier alpha value is -2.72. The second-order valence-corrected chi connectivity index (χ2v) is 28.9. The number of aliphatic hydroxyl groups is 1. The topological polar surface area (TPSA) is 237 Å². The van der Waals surface area contributed by atoms with Crippen LogP contribution < -0.4 is 0 Å². The van der Waals surface area contributed by atoms with Crippen molar-refractivity contribution in [1.82, 2.24) is 0 Å². The summed E-state index contributed by atoms with van der Waals surface area (Å²) in [5.41, 5.74) is 0. The average molecular weight is 1380 g/mol. The highest BCUT2D eigenvalue weighted by molar-refractivity contribution is 7.47. The zero-order valence-electron chi connectivity index (χ0n) is 60.2. The lowest BCUT2D eigenvalue weighted by Crippen LogP contribution is -2.30. The molecule has 0 aliphatic heterocycles. The first-order valence-electron chi connectivity index (χ1n) is 38.2. The predicted molar refractivity (Wildman–Crippen MR) is 381 cm³/mol. The lowest BCUT2D eigenvalue weighted by atomic mass is 10.0. The van der Waals surface area contributed by atoms with Crippen LogP contribution in [0.4, 0.5) is 0 Å². The Kier molecular flexibility index (Phi) is 66.8. The maximum Gasteiger partial charge on any atom is 0.472 e. The Morgan fingerprint density at radius 2 is 0.521 bits per heavy atom. The summed E-state index contributed by atoms with van der Waals surface area (Å²) in [4.78, 5) is 72.7. The van der Waals surface area contributed by atoms with Gasteiger partial charge in [0.25, 0.3) is 0 Å². The summed E-state index contributed by atoms with van der Waals surface area (Å²) in [6.45, 7) is 4.88. The lowest BCUT2D eigenvalue weighted by molar-refractivity contribution is -0.161. The smallest absolute Gasteiger partial charge is 0.462 e. The Bertz CT molecular complexity index is 1930. The molecular weight excluding hydrogens is 1230 g/mol. The van der Waals surface area contributed by atoms with Gasteiger partial charge in [-0.2, -0.15) is 0 Å². The third-order valence-corrected chi connectivity index (χ3v) is 18.5. The van der Waals surface area contributed by atoms with E-state index in [2.05, 4.69) is 64.2 Å². The standard InChI is InChI=1S/C75H140O17P2/c1-5-9-13-17-21-25-29-33-34-38-42-46-50-54-58-62-75(80)92-71(66-86-73(78)60-56-52-48-44-40-36-31-27-23-19-15-11-7-3)68-90-94(83,84)88-64-69(76)63-87-93(81,82)89-67-70(91-74(79)61-57-53-49-45-41-37-32-28-24-20-16-12-8-4)65-85-72(77)59-55-51-47-43-39-35-30-26-22-18-14-10-6-2/h25,28-29,32-34,69-71,76H,5-24,26-27,30-31,35-68H2,1-4H3,(H,81,82)(H,83,84)/b29-25-,32-28-,34-33-/t69-,70+,71+/m0/s1. The molecular formula is C75H140O17P2. The molecule has 0 saturated heterocycles. The number of aliphatic hydroxyl groups excluding tert-OH is 1. The molecule has 19 heteroatoms. The number of allylic oxidation sites excluding steroid dienone is 6. The SMILES string of the molecule is CCCCCC/C=C\C=C/CCCCCCCC(=O)O[C@H](COC(=O)CCCCCCCCCCCCCCC)COP(=O)(O)OC[C@@H](O)COP(=O)(O)OC[C@@H](COC(=O)CCCCCCCCCCCCCCC)OC(=O)CCCCCCC/C=C\CCCCCC. The van der Waals surface area contributed by atoms with Gasteiger partial charge in [0, 0.05) is 25.7 Å².